The molecule has 1 aromatic carbocycles. The van der Waals surface area contributed by atoms with E-state index in [0.717, 1.165) is 5.56 Å². The molecule has 2 N–H and O–H groups in total. The first kappa shape index (κ1) is 17.6. The van der Waals surface area contributed by atoms with Crippen LogP contribution in [0.1, 0.15) is 22.3 Å². The molecule has 0 fully saturated rings. The Kier molecular flexibility index (Phi) is 5.62. The Bertz CT molecular complexity index is 676. The summed E-state index contributed by atoms with van der Waals surface area (Å²) in [5.74, 6) is -3.35. The molecule has 0 radical (unpaired) electrons. The number of carbonyl (C=O) groups excluding carboxylic acids is 3. The van der Waals surface area contributed by atoms with Crippen molar-refractivity contribution in [2.24, 2.45) is 0 Å². The summed E-state index contributed by atoms with van der Waals surface area (Å²) in [5, 5.41) is 10.9. The van der Waals surface area contributed by atoms with Gasteiger partial charge in [0.05, 0.1) is 13.0 Å². The van der Waals surface area contributed by atoms with Crippen LogP contribution in [0, 0.1) is 0 Å². The van der Waals surface area contributed by atoms with E-state index in [1.54, 1.807) is 12.1 Å². The molecule has 1 heterocycles. The van der Waals surface area contributed by atoms with Crippen LogP contribution in [0.15, 0.2) is 24.3 Å². The van der Waals surface area contributed by atoms with Gasteiger partial charge in [-0.15, -0.1) is 0 Å². The van der Waals surface area contributed by atoms with E-state index in [-0.39, 0.29) is 12.5 Å². The molecule has 7 nitrogen and oxygen atoms in total. The van der Waals surface area contributed by atoms with Gasteiger partial charge in [-0.05, 0) is 18.1 Å². The van der Waals surface area contributed by atoms with Gasteiger partial charge in [0.25, 0.3) is 5.91 Å². The second-order valence-electron chi connectivity index (χ2n) is 5.45. The molecule has 0 aliphatic carbocycles. The molecule has 1 aliphatic heterocycles. The van der Waals surface area contributed by atoms with Gasteiger partial charge in [-0.1, -0.05) is 18.2 Å². The zero-order valence-corrected chi connectivity index (χ0v) is 12.8. The first-order chi connectivity index (χ1) is 11.4. The number of carboxylic acids is 1. The zero-order valence-electron chi connectivity index (χ0n) is 12.8. The molecule has 1 aliphatic rings. The maximum Gasteiger partial charge on any atom is 0.305 e. The Balaban J connectivity index is 2.00. The van der Waals surface area contributed by atoms with Crippen LogP contribution in [0.2, 0.25) is 0 Å². The number of carboxylic acid groups (broad SMARTS) is 1. The fourth-order valence-electron chi connectivity index (χ4n) is 2.55. The Morgan fingerprint density at radius 1 is 1.29 bits per heavy atom. The van der Waals surface area contributed by atoms with Gasteiger partial charge in [0.2, 0.25) is 5.91 Å². The highest BCUT2D eigenvalue weighted by Gasteiger charge is 2.28. The third kappa shape index (κ3) is 4.15. The predicted molar refractivity (Wildman–Crippen MR) is 81.2 cm³/mol. The summed E-state index contributed by atoms with van der Waals surface area (Å²) in [6.45, 7) is -1.35. The number of Topliss-reactive ketones (excluding diaryl/α,β-unsaturated/α-hetero) is 1. The van der Waals surface area contributed by atoms with Gasteiger partial charge in [0, 0.05) is 12.1 Å². The number of nitrogens with zero attached hydrogens (tertiary/aromatic N) is 1. The SMILES string of the molecule is O=C(O)CC(NC(=O)CN1CCc2ccccc2C1=O)C(=O)CF. The molecule has 0 aromatic heterocycles. The molecule has 24 heavy (non-hydrogen) atoms. The molecule has 1 atom stereocenters. The molecule has 2 rings (SSSR count). The molecule has 1 aromatic rings. The quantitative estimate of drug-likeness (QED) is 0.739. The highest BCUT2D eigenvalue weighted by atomic mass is 19.1. The number of amides is 2. The molecular formula is C16H17FN2O5. The Hall–Kier alpha value is -2.77. The van der Waals surface area contributed by atoms with E-state index < -0.39 is 36.8 Å². The third-order valence-electron chi connectivity index (χ3n) is 3.75. The summed E-state index contributed by atoms with van der Waals surface area (Å²) in [6, 6.07) is 5.62. The van der Waals surface area contributed by atoms with Crippen molar-refractivity contribution in [2.45, 2.75) is 18.9 Å². The highest BCUT2D eigenvalue weighted by molar-refractivity contribution is 5.99. The minimum absolute atomic E-state index is 0.307. The van der Waals surface area contributed by atoms with Gasteiger partial charge < -0.3 is 15.3 Å². The van der Waals surface area contributed by atoms with Crippen LogP contribution in [0.25, 0.3) is 0 Å². The van der Waals surface area contributed by atoms with E-state index in [4.69, 9.17) is 5.11 Å². The normalized spacial score (nSPS) is 14.7. The summed E-state index contributed by atoms with van der Waals surface area (Å²) >= 11 is 0. The lowest BCUT2D eigenvalue weighted by atomic mass is 9.99. The van der Waals surface area contributed by atoms with Gasteiger partial charge in [-0.2, -0.15) is 0 Å². The van der Waals surface area contributed by atoms with E-state index in [1.807, 2.05) is 12.1 Å². The zero-order chi connectivity index (χ0) is 17.7. The van der Waals surface area contributed by atoms with Gasteiger partial charge in [0.15, 0.2) is 5.78 Å². The molecule has 128 valence electrons. The fraction of sp³-hybridized carbons (Fsp3) is 0.375. The van der Waals surface area contributed by atoms with Crippen molar-refractivity contribution in [3.8, 4) is 0 Å². The number of benzene rings is 1. The van der Waals surface area contributed by atoms with E-state index in [0.29, 0.717) is 18.5 Å². The maximum atomic E-state index is 12.5. The molecule has 2 amide bonds. The average molecular weight is 336 g/mol. The number of aliphatic carboxylic acids is 1. The van der Waals surface area contributed by atoms with Crippen LogP contribution < -0.4 is 5.32 Å². The lowest BCUT2D eigenvalue weighted by Crippen LogP contribution is -2.49. The third-order valence-corrected chi connectivity index (χ3v) is 3.75. The number of carbonyl (C=O) groups is 4. The van der Waals surface area contributed by atoms with E-state index in [1.165, 1.54) is 4.90 Å². The van der Waals surface area contributed by atoms with E-state index >= 15 is 0 Å². The van der Waals surface area contributed by atoms with E-state index in [9.17, 15) is 23.6 Å². The van der Waals surface area contributed by atoms with Gasteiger partial charge in [-0.3, -0.25) is 19.2 Å². The van der Waals surface area contributed by atoms with E-state index in [2.05, 4.69) is 5.32 Å². The number of halogens is 1. The lowest BCUT2D eigenvalue weighted by molar-refractivity contribution is -0.140. The number of fused-ring (bicyclic) bond motifs is 1. The first-order valence-corrected chi connectivity index (χ1v) is 7.39. The molecule has 0 bridgehead atoms. The summed E-state index contributed by atoms with van der Waals surface area (Å²) in [5.41, 5.74) is 1.41. The van der Waals surface area contributed by atoms with Crippen LogP contribution >= 0.6 is 0 Å². The number of rotatable bonds is 7. The van der Waals surface area contributed by atoms with Gasteiger partial charge in [0.1, 0.15) is 12.7 Å². The number of hydrogen-bond acceptors (Lipinski definition) is 4. The van der Waals surface area contributed by atoms with Crippen molar-refractivity contribution in [2.75, 3.05) is 19.8 Å². The van der Waals surface area contributed by atoms with Gasteiger partial charge >= 0.3 is 5.97 Å². The minimum Gasteiger partial charge on any atom is -0.481 e. The fourth-order valence-corrected chi connectivity index (χ4v) is 2.55. The summed E-state index contributed by atoms with van der Waals surface area (Å²) in [4.78, 5) is 47.7. The van der Waals surface area contributed by atoms with Crippen LogP contribution in [-0.4, -0.2) is 59.4 Å². The minimum atomic E-state index is -1.44. The number of hydrogen-bond donors (Lipinski definition) is 2. The summed E-state index contributed by atoms with van der Waals surface area (Å²) in [6.07, 6.45) is -0.109. The first-order valence-electron chi connectivity index (χ1n) is 7.39. The van der Waals surface area contributed by atoms with Crippen molar-refractivity contribution in [3.63, 3.8) is 0 Å². The Labute approximate surface area is 137 Å². The standard InChI is InChI=1S/C16H17FN2O5/c17-8-13(20)12(7-15(22)23)18-14(21)9-19-6-5-10-3-1-2-4-11(10)16(19)24/h1-4,12H,5-9H2,(H,18,21)(H,22,23). The molecule has 0 spiro atoms. The topological polar surface area (TPSA) is 104 Å². The van der Waals surface area contributed by atoms with Crippen molar-refractivity contribution in [1.82, 2.24) is 10.2 Å². The Morgan fingerprint density at radius 3 is 2.67 bits per heavy atom. The number of nitrogens with one attached hydrogen (secondary N) is 1. The average Bonchev–Trinajstić information content (AvgIpc) is 2.56. The monoisotopic (exact) mass is 336 g/mol. The van der Waals surface area contributed by atoms with Crippen LogP contribution in [-0.2, 0) is 20.8 Å². The van der Waals surface area contributed by atoms with Crippen molar-refractivity contribution >= 4 is 23.6 Å². The molecule has 8 heteroatoms. The molecular weight excluding hydrogens is 319 g/mol. The van der Waals surface area contributed by atoms with Crippen molar-refractivity contribution < 1.29 is 28.7 Å². The Morgan fingerprint density at radius 2 is 2.00 bits per heavy atom. The maximum absolute atomic E-state index is 12.5. The van der Waals surface area contributed by atoms with Gasteiger partial charge in [-0.25, -0.2) is 4.39 Å². The number of alkyl halides is 1. The van der Waals surface area contributed by atoms with Crippen molar-refractivity contribution in [1.29, 1.82) is 0 Å². The highest BCUT2D eigenvalue weighted by Crippen LogP contribution is 2.18. The van der Waals surface area contributed by atoms with Crippen molar-refractivity contribution in [3.05, 3.63) is 35.4 Å². The predicted octanol–water partition coefficient (Wildman–Crippen LogP) is 0.183. The summed E-state index contributed by atoms with van der Waals surface area (Å²) in [7, 11) is 0. The van der Waals surface area contributed by atoms with Crippen LogP contribution in [0.3, 0.4) is 0 Å². The molecule has 0 saturated heterocycles. The van der Waals surface area contributed by atoms with Crippen LogP contribution in [0.4, 0.5) is 4.39 Å². The number of ketones is 1. The summed E-state index contributed by atoms with van der Waals surface area (Å²) < 4.78 is 12.5. The molecule has 0 saturated carbocycles. The van der Waals surface area contributed by atoms with Crippen LogP contribution in [0.5, 0.6) is 0 Å². The largest absolute Gasteiger partial charge is 0.481 e. The molecule has 1 unspecified atom stereocenters. The smallest absolute Gasteiger partial charge is 0.305 e. The second-order valence-corrected chi connectivity index (χ2v) is 5.45. The second kappa shape index (κ2) is 7.67. The lowest BCUT2D eigenvalue weighted by Gasteiger charge is -2.28.